The number of thiazole rings is 1. The Balaban J connectivity index is 2.20. The molecule has 8 heteroatoms. The summed E-state index contributed by atoms with van der Waals surface area (Å²) in [5.41, 5.74) is 0.490. The van der Waals surface area contributed by atoms with Gasteiger partial charge in [-0.05, 0) is 12.1 Å². The molecule has 20 heavy (non-hydrogen) atoms. The van der Waals surface area contributed by atoms with Crippen molar-refractivity contribution < 1.29 is 27.8 Å². The number of ether oxygens (including phenoxy) is 1. The Morgan fingerprint density at radius 2 is 2.05 bits per heavy atom. The molecule has 0 bridgehead atoms. The molecule has 0 aliphatic rings. The molecule has 0 spiro atoms. The zero-order valence-electron chi connectivity index (χ0n) is 9.85. The third kappa shape index (κ3) is 3.08. The van der Waals surface area contributed by atoms with Gasteiger partial charge in [-0.15, -0.1) is 11.3 Å². The highest BCUT2D eigenvalue weighted by molar-refractivity contribution is 7.11. The van der Waals surface area contributed by atoms with E-state index in [1.54, 1.807) is 0 Å². The van der Waals surface area contributed by atoms with Gasteiger partial charge in [-0.3, -0.25) is 0 Å². The van der Waals surface area contributed by atoms with Crippen molar-refractivity contribution >= 4 is 17.3 Å². The number of carboxylic acids is 1. The molecular weight excluding hydrogens is 295 g/mol. The third-order valence-corrected chi connectivity index (χ3v) is 3.25. The monoisotopic (exact) mass is 303 g/mol. The van der Waals surface area contributed by atoms with E-state index in [-0.39, 0.29) is 22.9 Å². The lowest BCUT2D eigenvalue weighted by Gasteiger charge is -2.13. The van der Waals surface area contributed by atoms with Crippen LogP contribution in [0.25, 0.3) is 0 Å². The molecule has 0 fully saturated rings. The first-order chi connectivity index (χ1) is 9.39. The highest BCUT2D eigenvalue weighted by Gasteiger charge is 2.34. The number of nitrogens with zero attached hydrogens (tertiary/aromatic N) is 1. The maximum absolute atomic E-state index is 12.7. The summed E-state index contributed by atoms with van der Waals surface area (Å²) in [5.74, 6) is -1.54. The van der Waals surface area contributed by atoms with Gasteiger partial charge in [-0.1, -0.05) is 12.1 Å². The quantitative estimate of drug-likeness (QED) is 0.940. The van der Waals surface area contributed by atoms with Gasteiger partial charge in [-0.25, -0.2) is 9.78 Å². The van der Waals surface area contributed by atoms with Crippen molar-refractivity contribution in [2.45, 2.75) is 12.8 Å². The van der Waals surface area contributed by atoms with Crippen molar-refractivity contribution in [3.63, 3.8) is 0 Å². The second-order valence-electron chi connectivity index (χ2n) is 3.72. The van der Waals surface area contributed by atoms with Gasteiger partial charge in [0.1, 0.15) is 22.9 Å². The van der Waals surface area contributed by atoms with E-state index in [4.69, 9.17) is 9.84 Å². The lowest BCUT2D eigenvalue weighted by Crippen LogP contribution is -2.09. The van der Waals surface area contributed by atoms with Crippen LogP contribution in [-0.2, 0) is 12.8 Å². The number of hydrogen-bond acceptors (Lipinski definition) is 4. The van der Waals surface area contributed by atoms with E-state index in [9.17, 15) is 18.0 Å². The van der Waals surface area contributed by atoms with Crippen LogP contribution in [0.1, 0.15) is 20.9 Å². The zero-order chi connectivity index (χ0) is 14.8. The second kappa shape index (κ2) is 5.49. The molecule has 0 saturated carbocycles. The van der Waals surface area contributed by atoms with Gasteiger partial charge in [0.2, 0.25) is 0 Å². The van der Waals surface area contributed by atoms with Crippen molar-refractivity contribution in [2.24, 2.45) is 0 Å². The molecule has 106 valence electrons. The molecule has 1 aromatic heterocycles. The molecule has 0 saturated heterocycles. The van der Waals surface area contributed by atoms with E-state index in [0.717, 1.165) is 17.4 Å². The fourth-order valence-electron chi connectivity index (χ4n) is 1.52. The van der Waals surface area contributed by atoms with E-state index in [0.29, 0.717) is 0 Å². The molecule has 2 rings (SSSR count). The first-order valence-corrected chi connectivity index (χ1v) is 6.22. The summed E-state index contributed by atoms with van der Waals surface area (Å²) in [5, 5.41) is 8.87. The number of hydrogen-bond donors (Lipinski definition) is 1. The SMILES string of the molecule is O=C(O)c1scnc1COc1ccccc1C(F)(F)F. The minimum Gasteiger partial charge on any atom is -0.487 e. The van der Waals surface area contributed by atoms with Crippen LogP contribution in [0.4, 0.5) is 13.2 Å². The molecule has 1 aromatic carbocycles. The van der Waals surface area contributed by atoms with Crippen molar-refractivity contribution in [3.05, 3.63) is 45.9 Å². The van der Waals surface area contributed by atoms with Crippen LogP contribution in [0.3, 0.4) is 0 Å². The van der Waals surface area contributed by atoms with Crippen LogP contribution in [0.15, 0.2) is 29.8 Å². The number of alkyl halides is 3. The number of para-hydroxylation sites is 1. The molecule has 1 N–H and O–H groups in total. The van der Waals surface area contributed by atoms with Gasteiger partial charge in [0.25, 0.3) is 0 Å². The standard InChI is InChI=1S/C12H8F3NO3S/c13-12(14,15)7-3-1-2-4-9(7)19-5-8-10(11(17)18)20-6-16-8/h1-4,6H,5H2,(H,17,18). The summed E-state index contributed by atoms with van der Waals surface area (Å²) >= 11 is 0.890. The molecule has 2 aromatic rings. The number of rotatable bonds is 4. The molecule has 0 radical (unpaired) electrons. The number of benzene rings is 1. The predicted molar refractivity (Wildman–Crippen MR) is 64.8 cm³/mol. The van der Waals surface area contributed by atoms with Crippen molar-refractivity contribution in [2.75, 3.05) is 0 Å². The average molecular weight is 303 g/mol. The third-order valence-electron chi connectivity index (χ3n) is 2.39. The van der Waals surface area contributed by atoms with Crippen LogP contribution < -0.4 is 4.74 Å². The van der Waals surface area contributed by atoms with Gasteiger partial charge in [0.05, 0.1) is 11.1 Å². The minimum absolute atomic E-state index is 0.0468. The van der Waals surface area contributed by atoms with Crippen LogP contribution in [0, 0.1) is 0 Å². The Labute approximate surface area is 115 Å². The van der Waals surface area contributed by atoms with E-state index >= 15 is 0 Å². The largest absolute Gasteiger partial charge is 0.487 e. The van der Waals surface area contributed by atoms with Gasteiger partial charge in [-0.2, -0.15) is 13.2 Å². The zero-order valence-corrected chi connectivity index (χ0v) is 10.7. The molecule has 4 nitrogen and oxygen atoms in total. The summed E-state index contributed by atoms with van der Waals surface area (Å²) in [6, 6.07) is 4.73. The van der Waals surface area contributed by atoms with Gasteiger partial charge >= 0.3 is 12.1 Å². The first-order valence-electron chi connectivity index (χ1n) is 5.34. The first kappa shape index (κ1) is 14.3. The Morgan fingerprint density at radius 1 is 1.35 bits per heavy atom. The predicted octanol–water partition coefficient (Wildman–Crippen LogP) is 3.44. The van der Waals surface area contributed by atoms with Crippen molar-refractivity contribution in [1.29, 1.82) is 0 Å². The van der Waals surface area contributed by atoms with Gasteiger partial charge in [0.15, 0.2) is 0 Å². The highest BCUT2D eigenvalue weighted by atomic mass is 32.1. The van der Waals surface area contributed by atoms with Crippen LogP contribution in [0.2, 0.25) is 0 Å². The second-order valence-corrected chi connectivity index (χ2v) is 4.57. The molecule has 0 atom stereocenters. The van der Waals surface area contributed by atoms with Crippen LogP contribution >= 0.6 is 11.3 Å². The fraction of sp³-hybridized carbons (Fsp3) is 0.167. The molecule has 0 unspecified atom stereocenters. The highest BCUT2D eigenvalue weighted by Crippen LogP contribution is 2.36. The van der Waals surface area contributed by atoms with Crippen LogP contribution in [-0.4, -0.2) is 16.1 Å². The smallest absolute Gasteiger partial charge is 0.419 e. The normalized spacial score (nSPS) is 11.3. The van der Waals surface area contributed by atoms with Crippen molar-refractivity contribution in [1.82, 2.24) is 4.98 Å². The number of carbonyl (C=O) groups is 1. The minimum atomic E-state index is -4.53. The Morgan fingerprint density at radius 3 is 2.70 bits per heavy atom. The maximum Gasteiger partial charge on any atom is 0.419 e. The fourth-order valence-corrected chi connectivity index (χ4v) is 2.15. The molecule has 0 amide bonds. The summed E-state index contributed by atoms with van der Waals surface area (Å²) in [6.07, 6.45) is -4.53. The van der Waals surface area contributed by atoms with Gasteiger partial charge < -0.3 is 9.84 Å². The lowest BCUT2D eigenvalue weighted by molar-refractivity contribution is -0.139. The summed E-state index contributed by atoms with van der Waals surface area (Å²) in [6.45, 7) is -0.335. The van der Waals surface area contributed by atoms with E-state index in [2.05, 4.69) is 4.98 Å². The number of aromatic nitrogens is 1. The molecular formula is C12H8F3NO3S. The molecule has 0 aliphatic heterocycles. The van der Waals surface area contributed by atoms with E-state index in [1.165, 1.54) is 23.7 Å². The summed E-state index contributed by atoms with van der Waals surface area (Å²) in [7, 11) is 0. The number of aromatic carboxylic acids is 1. The Hall–Kier alpha value is -2.09. The summed E-state index contributed by atoms with van der Waals surface area (Å²) < 4.78 is 43.3. The van der Waals surface area contributed by atoms with E-state index in [1.807, 2.05) is 0 Å². The topological polar surface area (TPSA) is 59.4 Å². The molecule has 1 heterocycles. The lowest BCUT2D eigenvalue weighted by atomic mass is 10.2. The van der Waals surface area contributed by atoms with Crippen molar-refractivity contribution in [3.8, 4) is 5.75 Å². The Kier molecular flexibility index (Phi) is 3.93. The van der Waals surface area contributed by atoms with Crippen LogP contribution in [0.5, 0.6) is 5.75 Å². The number of carboxylic acid groups (broad SMARTS) is 1. The Bertz CT molecular complexity index is 624. The summed E-state index contributed by atoms with van der Waals surface area (Å²) in [4.78, 5) is 14.6. The molecule has 0 aliphatic carbocycles. The van der Waals surface area contributed by atoms with E-state index < -0.39 is 17.7 Å². The number of halogens is 3. The average Bonchev–Trinajstić information content (AvgIpc) is 2.84. The maximum atomic E-state index is 12.7. The van der Waals surface area contributed by atoms with Gasteiger partial charge in [0, 0.05) is 0 Å².